The molecule has 0 aliphatic carbocycles. The Morgan fingerprint density at radius 2 is 1.52 bits per heavy atom. The van der Waals surface area contributed by atoms with Gasteiger partial charge in [0.25, 0.3) is 0 Å². The van der Waals surface area contributed by atoms with Crippen LogP contribution in [0.4, 0.5) is 0 Å². The number of nitrogens with zero attached hydrogens (tertiary/aromatic N) is 1. The summed E-state index contributed by atoms with van der Waals surface area (Å²) in [6, 6.07) is 21.6. The van der Waals surface area contributed by atoms with Gasteiger partial charge in [-0.3, -0.25) is 5.10 Å². The molecular weight excluding hydrogens is 280 g/mol. The summed E-state index contributed by atoms with van der Waals surface area (Å²) in [6.45, 7) is 0. The SMILES string of the molecule is O=S(c1cccc2ccccc12)c1[nH]nc2ccccc12. The summed E-state index contributed by atoms with van der Waals surface area (Å²) in [6.07, 6.45) is 0. The molecule has 0 aliphatic heterocycles. The van der Waals surface area contributed by atoms with E-state index in [1.165, 1.54) is 0 Å². The highest BCUT2D eigenvalue weighted by molar-refractivity contribution is 7.85. The predicted molar refractivity (Wildman–Crippen MR) is 84.7 cm³/mol. The lowest BCUT2D eigenvalue weighted by atomic mass is 10.1. The zero-order chi connectivity index (χ0) is 14.2. The van der Waals surface area contributed by atoms with Crippen LogP contribution in [0.25, 0.3) is 21.7 Å². The van der Waals surface area contributed by atoms with Crippen molar-refractivity contribution in [3.05, 3.63) is 66.7 Å². The molecule has 0 amide bonds. The summed E-state index contributed by atoms with van der Waals surface area (Å²) in [5, 5.41) is 10.8. The third-order valence-electron chi connectivity index (χ3n) is 3.56. The second-order valence-corrected chi connectivity index (χ2v) is 6.20. The summed E-state index contributed by atoms with van der Waals surface area (Å²) in [7, 11) is -1.28. The number of fused-ring (bicyclic) bond motifs is 2. The molecule has 1 aromatic heterocycles. The van der Waals surface area contributed by atoms with Gasteiger partial charge in [0.2, 0.25) is 0 Å². The van der Waals surface area contributed by atoms with E-state index in [1.54, 1.807) is 0 Å². The van der Waals surface area contributed by atoms with Crippen LogP contribution in [0.15, 0.2) is 76.7 Å². The van der Waals surface area contributed by atoms with Crippen LogP contribution in [0.3, 0.4) is 0 Å². The second-order valence-electron chi connectivity index (χ2n) is 4.82. The Labute approximate surface area is 124 Å². The van der Waals surface area contributed by atoms with Gasteiger partial charge in [-0.1, -0.05) is 48.5 Å². The lowest BCUT2D eigenvalue weighted by Gasteiger charge is -2.05. The summed E-state index contributed by atoms with van der Waals surface area (Å²) < 4.78 is 13.0. The lowest BCUT2D eigenvalue weighted by Crippen LogP contribution is -1.95. The highest BCUT2D eigenvalue weighted by atomic mass is 32.2. The monoisotopic (exact) mass is 292 g/mol. The highest BCUT2D eigenvalue weighted by Gasteiger charge is 2.15. The van der Waals surface area contributed by atoms with Crippen molar-refractivity contribution in [1.29, 1.82) is 0 Å². The van der Waals surface area contributed by atoms with Crippen LogP contribution in [0.2, 0.25) is 0 Å². The number of hydrogen-bond donors (Lipinski definition) is 1. The second kappa shape index (κ2) is 4.82. The largest absolute Gasteiger partial charge is 0.268 e. The molecule has 4 heteroatoms. The minimum Gasteiger partial charge on any atom is -0.268 e. The Hall–Kier alpha value is -2.46. The van der Waals surface area contributed by atoms with Crippen molar-refractivity contribution in [3.63, 3.8) is 0 Å². The van der Waals surface area contributed by atoms with Crippen LogP contribution in [0, 0.1) is 0 Å². The van der Waals surface area contributed by atoms with E-state index in [0.717, 1.165) is 26.6 Å². The Kier molecular flexibility index (Phi) is 2.82. The third kappa shape index (κ3) is 1.96. The van der Waals surface area contributed by atoms with Crippen LogP contribution in [-0.4, -0.2) is 14.4 Å². The van der Waals surface area contributed by atoms with Crippen LogP contribution in [0.5, 0.6) is 0 Å². The molecule has 1 unspecified atom stereocenters. The average Bonchev–Trinajstić information content (AvgIpc) is 2.98. The Balaban J connectivity index is 1.95. The normalized spacial score (nSPS) is 12.8. The van der Waals surface area contributed by atoms with Crippen LogP contribution in [0.1, 0.15) is 0 Å². The van der Waals surface area contributed by atoms with Crippen molar-refractivity contribution >= 4 is 32.5 Å². The van der Waals surface area contributed by atoms with Gasteiger partial charge in [0.15, 0.2) is 0 Å². The van der Waals surface area contributed by atoms with Gasteiger partial charge in [-0.2, -0.15) is 5.10 Å². The molecule has 1 atom stereocenters. The first-order valence-electron chi connectivity index (χ1n) is 6.67. The topological polar surface area (TPSA) is 45.8 Å². The van der Waals surface area contributed by atoms with Gasteiger partial charge in [0.1, 0.15) is 15.8 Å². The first kappa shape index (κ1) is 12.3. The quantitative estimate of drug-likeness (QED) is 0.609. The number of aromatic amines is 1. The molecule has 0 spiro atoms. The van der Waals surface area contributed by atoms with Gasteiger partial charge in [-0.15, -0.1) is 0 Å². The Morgan fingerprint density at radius 3 is 2.43 bits per heavy atom. The first-order chi connectivity index (χ1) is 10.3. The molecule has 4 aromatic rings. The van der Waals surface area contributed by atoms with Gasteiger partial charge in [0, 0.05) is 5.39 Å². The number of aromatic nitrogens is 2. The van der Waals surface area contributed by atoms with E-state index in [2.05, 4.69) is 10.2 Å². The molecule has 102 valence electrons. The maximum atomic E-state index is 13.0. The van der Waals surface area contributed by atoms with E-state index in [4.69, 9.17) is 0 Å². The Bertz CT molecular complexity index is 969. The lowest BCUT2D eigenvalue weighted by molar-refractivity contribution is 0.681. The molecule has 21 heavy (non-hydrogen) atoms. The van der Waals surface area contributed by atoms with Crippen molar-refractivity contribution in [1.82, 2.24) is 10.2 Å². The van der Waals surface area contributed by atoms with E-state index in [9.17, 15) is 4.21 Å². The van der Waals surface area contributed by atoms with Crippen molar-refractivity contribution < 1.29 is 4.21 Å². The Morgan fingerprint density at radius 1 is 0.810 bits per heavy atom. The fourth-order valence-corrected chi connectivity index (χ4v) is 3.85. The minimum atomic E-state index is -1.28. The highest BCUT2D eigenvalue weighted by Crippen LogP contribution is 2.27. The number of H-pyrrole nitrogens is 1. The summed E-state index contributed by atoms with van der Waals surface area (Å²) >= 11 is 0. The maximum absolute atomic E-state index is 13.0. The molecule has 4 rings (SSSR count). The van der Waals surface area contributed by atoms with Crippen molar-refractivity contribution in [3.8, 4) is 0 Å². The predicted octanol–water partition coefficient (Wildman–Crippen LogP) is 3.88. The number of para-hydroxylation sites is 1. The fraction of sp³-hybridized carbons (Fsp3) is 0. The molecule has 0 bridgehead atoms. The van der Waals surface area contributed by atoms with Crippen molar-refractivity contribution in [2.75, 3.05) is 0 Å². The molecule has 0 aliphatic rings. The number of nitrogens with one attached hydrogen (secondary N) is 1. The third-order valence-corrected chi connectivity index (χ3v) is 5.00. The van der Waals surface area contributed by atoms with Gasteiger partial charge >= 0.3 is 0 Å². The average molecular weight is 292 g/mol. The van der Waals surface area contributed by atoms with Crippen LogP contribution >= 0.6 is 0 Å². The first-order valence-corrected chi connectivity index (χ1v) is 7.82. The maximum Gasteiger partial charge on any atom is 0.135 e. The molecule has 0 saturated carbocycles. The van der Waals surface area contributed by atoms with Crippen LogP contribution in [-0.2, 0) is 10.8 Å². The molecule has 1 N–H and O–H groups in total. The van der Waals surface area contributed by atoms with Gasteiger partial charge in [-0.25, -0.2) is 4.21 Å². The van der Waals surface area contributed by atoms with Crippen molar-refractivity contribution in [2.24, 2.45) is 0 Å². The van der Waals surface area contributed by atoms with Gasteiger partial charge < -0.3 is 0 Å². The van der Waals surface area contributed by atoms with Crippen molar-refractivity contribution in [2.45, 2.75) is 9.92 Å². The minimum absolute atomic E-state index is 0.655. The number of benzene rings is 3. The van der Waals surface area contributed by atoms with E-state index in [1.807, 2.05) is 66.7 Å². The van der Waals surface area contributed by atoms with Gasteiger partial charge in [0.05, 0.1) is 10.4 Å². The zero-order valence-corrected chi connectivity index (χ0v) is 11.9. The fourth-order valence-electron chi connectivity index (χ4n) is 2.54. The van der Waals surface area contributed by atoms with Gasteiger partial charge in [-0.05, 0) is 29.0 Å². The standard InChI is InChI=1S/C17H12N2OS/c20-21(17-14-9-3-4-10-15(14)18-19-17)16-11-5-7-12-6-1-2-8-13(12)16/h1-11H,(H,18,19). The summed E-state index contributed by atoms with van der Waals surface area (Å²) in [5.41, 5.74) is 0.834. The molecule has 0 saturated heterocycles. The number of rotatable bonds is 2. The summed E-state index contributed by atoms with van der Waals surface area (Å²) in [5.74, 6) is 0. The smallest absolute Gasteiger partial charge is 0.135 e. The van der Waals surface area contributed by atoms with Crippen LogP contribution < -0.4 is 0 Å². The van der Waals surface area contributed by atoms with E-state index < -0.39 is 10.8 Å². The molecular formula is C17H12N2OS. The molecule has 3 nitrogen and oxygen atoms in total. The molecule has 1 heterocycles. The number of hydrogen-bond acceptors (Lipinski definition) is 2. The zero-order valence-electron chi connectivity index (χ0n) is 11.1. The molecule has 3 aromatic carbocycles. The van der Waals surface area contributed by atoms with E-state index in [0.29, 0.717) is 5.03 Å². The van der Waals surface area contributed by atoms with E-state index in [-0.39, 0.29) is 0 Å². The summed E-state index contributed by atoms with van der Waals surface area (Å²) in [4.78, 5) is 0.808. The van der Waals surface area contributed by atoms with E-state index >= 15 is 0 Å². The molecule has 0 fully saturated rings. The molecule has 0 radical (unpaired) electrons.